The molecular weight excluding hydrogens is 646 g/mol. The van der Waals surface area contributed by atoms with Crippen LogP contribution in [-0.4, -0.2) is 102 Å². The van der Waals surface area contributed by atoms with E-state index >= 15 is 0 Å². The summed E-state index contributed by atoms with van der Waals surface area (Å²) in [6, 6.07) is 0. The molecule has 2 unspecified atom stereocenters. The first-order valence-corrected chi connectivity index (χ1v) is 15.4. The lowest BCUT2D eigenvalue weighted by atomic mass is 9.82. The van der Waals surface area contributed by atoms with E-state index in [1.807, 2.05) is 0 Å². The van der Waals surface area contributed by atoms with Crippen LogP contribution in [0.15, 0.2) is 71.1 Å². The fraction of sp³-hybridized carbons (Fsp3) is 0.515. The number of allylic oxidation sites excluding steroid dienone is 2. The number of carbonyl (C=O) groups is 4. The molecule has 2 amide bonds. The highest BCUT2D eigenvalue weighted by Crippen LogP contribution is 2.40. The van der Waals surface area contributed by atoms with Gasteiger partial charge < -0.3 is 60.5 Å². The topological polar surface area (TPSA) is 245 Å². The number of primary amides is 1. The monoisotopic (exact) mass is 693 g/mol. The molecule has 2 aliphatic rings. The highest BCUT2D eigenvalue weighted by atomic mass is 16.7. The number of amides is 2. The maximum absolute atomic E-state index is 13.4. The fourth-order valence-electron chi connectivity index (χ4n) is 5.68. The van der Waals surface area contributed by atoms with Crippen LogP contribution in [0.3, 0.4) is 0 Å². The Morgan fingerprint density at radius 3 is 2.35 bits per heavy atom. The van der Waals surface area contributed by atoms with Crippen molar-refractivity contribution >= 4 is 24.3 Å². The second-order valence-electron chi connectivity index (χ2n) is 11.8. The van der Waals surface area contributed by atoms with Crippen LogP contribution in [0.25, 0.3) is 0 Å². The molecule has 1 aliphatic heterocycles. The van der Waals surface area contributed by atoms with Crippen LogP contribution in [0.5, 0.6) is 0 Å². The summed E-state index contributed by atoms with van der Waals surface area (Å²) in [6.07, 6.45) is -1.52. The van der Waals surface area contributed by atoms with E-state index in [0.717, 1.165) is 6.08 Å². The van der Waals surface area contributed by atoms with Crippen LogP contribution < -0.4 is 16.4 Å². The largest absolute Gasteiger partial charge is 0.508 e. The summed E-state index contributed by atoms with van der Waals surface area (Å²) in [5.74, 6) is -4.73. The molecule has 16 nitrogen and oxygen atoms in total. The molecule has 0 aromatic rings. The molecular formula is C33H47N3O13. The molecule has 8 N–H and O–H groups in total. The lowest BCUT2D eigenvalue weighted by Crippen LogP contribution is -2.51. The van der Waals surface area contributed by atoms with Gasteiger partial charge in [0.1, 0.15) is 6.10 Å². The Bertz CT molecular complexity index is 1400. The van der Waals surface area contributed by atoms with Crippen molar-refractivity contribution in [1.82, 2.24) is 10.6 Å². The van der Waals surface area contributed by atoms with Crippen LogP contribution in [0.1, 0.15) is 40.5 Å². The van der Waals surface area contributed by atoms with E-state index < -0.39 is 78.2 Å². The Morgan fingerprint density at radius 2 is 1.80 bits per heavy atom. The number of ether oxygens (including phenoxy) is 5. The number of aliphatic hydroxyl groups excluding tert-OH is 1. The van der Waals surface area contributed by atoms with E-state index in [9.17, 15) is 39.6 Å². The lowest BCUT2D eigenvalue weighted by Gasteiger charge is -2.39. The molecule has 8 atom stereocenters. The van der Waals surface area contributed by atoms with Crippen LogP contribution in [0.4, 0.5) is 14.4 Å². The van der Waals surface area contributed by atoms with E-state index in [-0.39, 0.29) is 36.2 Å². The van der Waals surface area contributed by atoms with E-state index in [2.05, 4.69) is 17.2 Å². The highest BCUT2D eigenvalue weighted by molar-refractivity contribution is 5.94. The van der Waals surface area contributed by atoms with Crippen molar-refractivity contribution in [1.29, 1.82) is 0 Å². The molecule has 0 saturated carbocycles. The molecule has 49 heavy (non-hydrogen) atoms. The average molecular weight is 694 g/mol. The number of carboxylic acid groups (broad SMARTS) is 2. The number of methoxy groups -OCH3 is 2. The molecule has 0 fully saturated rings. The molecule has 0 spiro atoms. The van der Waals surface area contributed by atoms with Crippen LogP contribution >= 0.6 is 0 Å². The number of aliphatic hydroxyl groups is 2. The first-order chi connectivity index (χ1) is 23.0. The van der Waals surface area contributed by atoms with Gasteiger partial charge in [-0.1, -0.05) is 44.2 Å². The first-order valence-electron chi connectivity index (χ1n) is 15.4. The van der Waals surface area contributed by atoms with Gasteiger partial charge in [-0.3, -0.25) is 4.79 Å². The maximum atomic E-state index is 13.4. The average Bonchev–Trinajstić information content (AvgIpc) is 3.01. The standard InChI is InChI=1S/C33H47N3O13/c1-8-12-35-26-21-13-17(2)14-24(46-7)27(37)19(4)15-20(5)28(48-30(34)39)22(45-6)11-9-10-18(3)29(38)36-25(16-23(26)47-31(40)41)33(21,44)49-32(42)43/h8-11,15-17,19,22-24,27-28,35,37,44H,1,12-14H2,2-7H3,(H2,34,39)(H,36,38)(H,40,41)(H,42,43)/b11-9-,18-10+,20-15+/t17-,19+,22+,23?,24+,27-,28+,33?/m1/s1. The molecule has 1 aliphatic carbocycles. The van der Waals surface area contributed by atoms with Gasteiger partial charge in [0.25, 0.3) is 11.7 Å². The van der Waals surface area contributed by atoms with Crippen molar-refractivity contribution in [3.8, 4) is 0 Å². The summed E-state index contributed by atoms with van der Waals surface area (Å²) in [7, 11) is 2.77. The van der Waals surface area contributed by atoms with Crippen molar-refractivity contribution in [2.24, 2.45) is 17.6 Å². The fourth-order valence-corrected chi connectivity index (χ4v) is 5.68. The van der Waals surface area contributed by atoms with E-state index in [4.69, 9.17) is 29.4 Å². The Kier molecular flexibility index (Phi) is 15.1. The van der Waals surface area contributed by atoms with Gasteiger partial charge in [0.2, 0.25) is 0 Å². The number of nitrogens with two attached hydrogens (primary N) is 1. The second kappa shape index (κ2) is 18.2. The van der Waals surface area contributed by atoms with Gasteiger partial charge in [-0.2, -0.15) is 0 Å². The number of hydrogen-bond acceptors (Lipinski definition) is 12. The second-order valence-corrected chi connectivity index (χ2v) is 11.8. The smallest absolute Gasteiger partial charge is 0.450 e. The molecule has 16 heteroatoms. The number of carbonyl (C=O) groups excluding carboxylic acids is 2. The molecule has 1 heterocycles. The SMILES string of the molecule is C=CCNC1=C2C[C@@H](C)C[C@H](OC)[C@H](O)[C@@H](C)/C=C(\C)[C@H](OC(N)=O)[C@@H](OC)/C=C\C=C(/C)C(=O)NC(=CC1OC(=O)O)C2(O)OC(=O)O. The Hall–Kier alpha value is -4.64. The Morgan fingerprint density at radius 1 is 1.12 bits per heavy atom. The van der Waals surface area contributed by atoms with Gasteiger partial charge in [-0.05, 0) is 44.3 Å². The zero-order chi connectivity index (χ0) is 37.1. The predicted octanol–water partition coefficient (Wildman–Crippen LogP) is 2.85. The first kappa shape index (κ1) is 40.5. The van der Waals surface area contributed by atoms with Crippen molar-refractivity contribution in [2.75, 3.05) is 20.8 Å². The third-order valence-electron chi connectivity index (χ3n) is 8.05. The summed E-state index contributed by atoms with van der Waals surface area (Å²) in [6.45, 7) is 10.2. The maximum Gasteiger partial charge on any atom is 0.508 e. The van der Waals surface area contributed by atoms with Crippen molar-refractivity contribution in [3.63, 3.8) is 0 Å². The Labute approximate surface area is 284 Å². The molecule has 2 bridgehead atoms. The molecule has 2 rings (SSSR count). The van der Waals surface area contributed by atoms with Gasteiger partial charge in [0, 0.05) is 37.8 Å². The molecule has 0 aromatic heterocycles. The summed E-state index contributed by atoms with van der Waals surface area (Å²) in [5.41, 5.74) is 5.19. The third-order valence-corrected chi connectivity index (χ3v) is 8.05. The Balaban J connectivity index is 2.87. The zero-order valence-corrected chi connectivity index (χ0v) is 28.4. The summed E-state index contributed by atoms with van der Waals surface area (Å²) in [4.78, 5) is 49.0. The van der Waals surface area contributed by atoms with Crippen molar-refractivity contribution < 1.29 is 63.3 Å². The third kappa shape index (κ3) is 10.9. The van der Waals surface area contributed by atoms with E-state index in [1.54, 1.807) is 26.8 Å². The molecule has 272 valence electrons. The van der Waals surface area contributed by atoms with E-state index in [0.29, 0.717) is 5.57 Å². The minimum Gasteiger partial charge on any atom is -0.450 e. The number of nitrogens with one attached hydrogen (secondary N) is 2. The molecule has 0 saturated heterocycles. The minimum absolute atomic E-state index is 0.0375. The summed E-state index contributed by atoms with van der Waals surface area (Å²) >= 11 is 0. The number of fused-ring (bicyclic) bond motifs is 2. The van der Waals surface area contributed by atoms with Gasteiger partial charge in [0.05, 0.1) is 23.6 Å². The van der Waals surface area contributed by atoms with Crippen molar-refractivity contribution in [2.45, 2.75) is 76.8 Å². The van der Waals surface area contributed by atoms with Gasteiger partial charge in [-0.15, -0.1) is 6.58 Å². The van der Waals surface area contributed by atoms with Gasteiger partial charge >= 0.3 is 18.4 Å². The normalized spacial score (nSPS) is 32.9. The quantitative estimate of drug-likeness (QED) is 0.0837. The summed E-state index contributed by atoms with van der Waals surface area (Å²) < 4.78 is 26.7. The lowest BCUT2D eigenvalue weighted by molar-refractivity contribution is -0.134. The van der Waals surface area contributed by atoms with Crippen LogP contribution in [-0.2, 0) is 28.5 Å². The van der Waals surface area contributed by atoms with Gasteiger partial charge in [0.15, 0.2) is 12.2 Å². The number of hydrogen-bond donors (Lipinski definition) is 7. The van der Waals surface area contributed by atoms with E-state index in [1.165, 1.54) is 45.4 Å². The zero-order valence-electron chi connectivity index (χ0n) is 28.4. The minimum atomic E-state index is -2.83. The van der Waals surface area contributed by atoms with Crippen molar-refractivity contribution in [3.05, 3.63) is 71.1 Å². The number of rotatable bonds is 8. The van der Waals surface area contributed by atoms with Gasteiger partial charge in [-0.25, -0.2) is 14.4 Å². The molecule has 0 radical (unpaired) electrons. The predicted molar refractivity (Wildman–Crippen MR) is 175 cm³/mol. The van der Waals surface area contributed by atoms with Crippen LogP contribution in [0.2, 0.25) is 0 Å². The summed E-state index contributed by atoms with van der Waals surface area (Å²) in [5, 5.41) is 48.0. The van der Waals surface area contributed by atoms with Crippen LogP contribution in [0, 0.1) is 11.8 Å². The highest BCUT2D eigenvalue weighted by Gasteiger charge is 2.49. The molecule has 0 aromatic carbocycles.